The van der Waals surface area contributed by atoms with E-state index in [-0.39, 0.29) is 24.3 Å². The second-order valence-corrected chi connectivity index (χ2v) is 5.04. The largest absolute Gasteiger partial charge is 0.342 e. The van der Waals surface area contributed by atoms with Gasteiger partial charge in [0.15, 0.2) is 0 Å². The van der Waals surface area contributed by atoms with E-state index in [9.17, 15) is 9.59 Å². The number of carbonyl (C=O) groups excluding carboxylic acids is 2. The average molecular weight is 241 g/mol. The summed E-state index contributed by atoms with van der Waals surface area (Å²) >= 11 is 0. The zero-order valence-corrected chi connectivity index (χ0v) is 10.2. The second-order valence-electron chi connectivity index (χ2n) is 5.04. The molecule has 0 radical (unpaired) electrons. The maximum Gasteiger partial charge on any atom is 0.268 e. The predicted molar refractivity (Wildman–Crippen MR) is 60.8 cm³/mol. The first-order valence-corrected chi connectivity index (χ1v) is 5.99. The molecule has 17 heavy (non-hydrogen) atoms. The number of rotatable bonds is 3. The average Bonchev–Trinajstić information content (AvgIpc) is 2.89. The van der Waals surface area contributed by atoms with Crippen molar-refractivity contribution in [1.82, 2.24) is 16.1 Å². The molecule has 2 atom stereocenters. The third-order valence-electron chi connectivity index (χ3n) is 3.79. The van der Waals surface area contributed by atoms with Crippen LogP contribution in [-0.2, 0) is 14.4 Å². The Bertz CT molecular complexity index is 324. The monoisotopic (exact) mass is 241 g/mol. The van der Waals surface area contributed by atoms with Gasteiger partial charge in [0.2, 0.25) is 5.91 Å². The Kier molecular flexibility index (Phi) is 3.35. The fourth-order valence-electron chi connectivity index (χ4n) is 2.41. The molecule has 0 bridgehead atoms. The molecule has 0 spiro atoms. The van der Waals surface area contributed by atoms with E-state index in [0.717, 1.165) is 13.0 Å². The fourth-order valence-corrected chi connectivity index (χ4v) is 2.41. The first kappa shape index (κ1) is 12.3. The van der Waals surface area contributed by atoms with Crippen LogP contribution in [0.25, 0.3) is 0 Å². The summed E-state index contributed by atoms with van der Waals surface area (Å²) in [5.41, 5.74) is 1.84. The first-order valence-electron chi connectivity index (χ1n) is 5.99. The molecule has 6 heteroatoms. The van der Waals surface area contributed by atoms with Gasteiger partial charge in [-0.25, -0.2) is 5.48 Å². The topological polar surface area (TPSA) is 79.5 Å². The van der Waals surface area contributed by atoms with Crippen LogP contribution in [0.1, 0.15) is 20.3 Å². The fraction of sp³-hybridized carbons (Fsp3) is 0.818. The van der Waals surface area contributed by atoms with E-state index in [4.69, 9.17) is 4.84 Å². The zero-order valence-electron chi connectivity index (χ0n) is 10.2. The molecule has 2 aliphatic rings. The Morgan fingerprint density at radius 2 is 2.35 bits per heavy atom. The van der Waals surface area contributed by atoms with Crippen molar-refractivity contribution in [1.29, 1.82) is 0 Å². The molecule has 1 unspecified atom stereocenters. The minimum absolute atomic E-state index is 0.0526. The smallest absolute Gasteiger partial charge is 0.268 e. The molecule has 0 aromatic heterocycles. The van der Waals surface area contributed by atoms with Crippen LogP contribution in [0.3, 0.4) is 0 Å². The van der Waals surface area contributed by atoms with Crippen molar-refractivity contribution in [2.75, 3.05) is 19.7 Å². The van der Waals surface area contributed by atoms with Crippen molar-refractivity contribution < 1.29 is 14.4 Å². The Morgan fingerprint density at radius 3 is 2.82 bits per heavy atom. The summed E-state index contributed by atoms with van der Waals surface area (Å²) < 4.78 is 0. The van der Waals surface area contributed by atoms with E-state index in [0.29, 0.717) is 6.54 Å². The number of hydrogen-bond acceptors (Lipinski definition) is 4. The molecule has 3 N–H and O–H groups in total. The van der Waals surface area contributed by atoms with Crippen LogP contribution >= 0.6 is 0 Å². The maximum atomic E-state index is 12.3. The number of carbonyl (C=O) groups is 2. The van der Waals surface area contributed by atoms with Crippen molar-refractivity contribution in [2.24, 2.45) is 11.3 Å². The van der Waals surface area contributed by atoms with Gasteiger partial charge in [0.05, 0.1) is 5.41 Å². The molecule has 2 saturated heterocycles. The molecule has 96 valence electrons. The minimum Gasteiger partial charge on any atom is -0.342 e. The van der Waals surface area contributed by atoms with Gasteiger partial charge in [-0.3, -0.25) is 14.4 Å². The van der Waals surface area contributed by atoms with Crippen LogP contribution in [0.15, 0.2) is 0 Å². The van der Waals surface area contributed by atoms with Gasteiger partial charge in [0.25, 0.3) is 5.91 Å². The number of hydroxylamine groups is 1. The SMILES string of the molecule is CC(C)C1(C(=O)N[C@@H]2CONC2=O)CCNC1. The quantitative estimate of drug-likeness (QED) is 0.602. The molecule has 2 heterocycles. The highest BCUT2D eigenvalue weighted by molar-refractivity contribution is 5.91. The van der Waals surface area contributed by atoms with Gasteiger partial charge in [-0.1, -0.05) is 13.8 Å². The van der Waals surface area contributed by atoms with Crippen LogP contribution in [0.4, 0.5) is 0 Å². The van der Waals surface area contributed by atoms with Gasteiger partial charge in [-0.05, 0) is 18.9 Å². The van der Waals surface area contributed by atoms with Crippen molar-refractivity contribution in [3.8, 4) is 0 Å². The predicted octanol–water partition coefficient (Wildman–Crippen LogP) is -0.832. The minimum atomic E-state index is -0.557. The molecule has 0 saturated carbocycles. The van der Waals surface area contributed by atoms with Crippen molar-refractivity contribution in [2.45, 2.75) is 26.3 Å². The summed E-state index contributed by atoms with van der Waals surface area (Å²) in [6.07, 6.45) is 0.811. The molecular formula is C11H19N3O3. The van der Waals surface area contributed by atoms with Gasteiger partial charge < -0.3 is 10.6 Å². The van der Waals surface area contributed by atoms with E-state index in [1.54, 1.807) is 0 Å². The highest BCUT2D eigenvalue weighted by Crippen LogP contribution is 2.34. The summed E-state index contributed by atoms with van der Waals surface area (Å²) in [7, 11) is 0. The third-order valence-corrected chi connectivity index (χ3v) is 3.79. The normalized spacial score (nSPS) is 32.9. The molecule has 6 nitrogen and oxygen atoms in total. The second kappa shape index (κ2) is 4.62. The molecule has 2 amide bonds. The summed E-state index contributed by atoms with van der Waals surface area (Å²) in [5, 5.41) is 6.00. The molecule has 2 aliphatic heterocycles. The van der Waals surface area contributed by atoms with E-state index in [2.05, 4.69) is 16.1 Å². The first-order chi connectivity index (χ1) is 8.06. The number of amides is 2. The summed E-state index contributed by atoms with van der Waals surface area (Å²) in [4.78, 5) is 28.5. The van der Waals surface area contributed by atoms with Gasteiger partial charge in [0.1, 0.15) is 12.6 Å². The molecular weight excluding hydrogens is 222 g/mol. The maximum absolute atomic E-state index is 12.3. The zero-order chi connectivity index (χ0) is 12.5. The van der Waals surface area contributed by atoms with Gasteiger partial charge in [0, 0.05) is 6.54 Å². The van der Waals surface area contributed by atoms with Gasteiger partial charge >= 0.3 is 0 Å². The van der Waals surface area contributed by atoms with Gasteiger partial charge in [-0.15, -0.1) is 0 Å². The van der Waals surface area contributed by atoms with Crippen LogP contribution in [0, 0.1) is 11.3 Å². The highest BCUT2D eigenvalue weighted by atomic mass is 16.7. The van der Waals surface area contributed by atoms with Crippen molar-refractivity contribution >= 4 is 11.8 Å². The Hall–Kier alpha value is -1.14. The molecule has 2 fully saturated rings. The molecule has 0 aromatic carbocycles. The Morgan fingerprint density at radius 1 is 1.59 bits per heavy atom. The summed E-state index contributed by atoms with van der Waals surface area (Å²) in [6, 6.07) is -0.557. The van der Waals surface area contributed by atoms with E-state index >= 15 is 0 Å². The number of nitrogens with one attached hydrogen (secondary N) is 3. The molecule has 0 aliphatic carbocycles. The summed E-state index contributed by atoms with van der Waals surface area (Å²) in [6.45, 7) is 5.80. The van der Waals surface area contributed by atoms with Crippen LogP contribution in [0.5, 0.6) is 0 Å². The molecule has 2 rings (SSSR count). The van der Waals surface area contributed by atoms with E-state index in [1.165, 1.54) is 0 Å². The van der Waals surface area contributed by atoms with E-state index < -0.39 is 11.5 Å². The van der Waals surface area contributed by atoms with Crippen molar-refractivity contribution in [3.05, 3.63) is 0 Å². The van der Waals surface area contributed by atoms with Gasteiger partial charge in [-0.2, -0.15) is 0 Å². The summed E-state index contributed by atoms with van der Waals surface area (Å²) in [5.74, 6) is -0.0887. The number of hydrogen-bond donors (Lipinski definition) is 3. The third kappa shape index (κ3) is 2.14. The van der Waals surface area contributed by atoms with Crippen LogP contribution in [-0.4, -0.2) is 37.6 Å². The standard InChI is InChI=1S/C11H19N3O3/c1-7(2)11(3-4-12-6-11)10(16)13-8-5-17-14-9(8)15/h7-8,12H,3-6H2,1-2H3,(H,13,16)(H,14,15)/t8-,11?/m1/s1. The lowest BCUT2D eigenvalue weighted by Crippen LogP contribution is -2.52. The van der Waals surface area contributed by atoms with E-state index in [1.807, 2.05) is 13.8 Å². The van der Waals surface area contributed by atoms with Crippen LogP contribution in [0.2, 0.25) is 0 Å². The Labute approximate surface area is 100 Å². The lowest BCUT2D eigenvalue weighted by Gasteiger charge is -2.31. The van der Waals surface area contributed by atoms with Crippen LogP contribution < -0.4 is 16.1 Å². The lowest BCUT2D eigenvalue weighted by molar-refractivity contribution is -0.135. The lowest BCUT2D eigenvalue weighted by atomic mass is 9.75. The molecule has 0 aromatic rings. The van der Waals surface area contributed by atoms with Crippen molar-refractivity contribution in [3.63, 3.8) is 0 Å². The Balaban J connectivity index is 2.04. The highest BCUT2D eigenvalue weighted by Gasteiger charge is 2.45.